The molecule has 5 nitrogen and oxygen atoms in total. The zero-order chi connectivity index (χ0) is 18.7. The number of rotatable bonds is 13. The van der Waals surface area contributed by atoms with Crippen LogP contribution in [-0.4, -0.2) is 44.7 Å². The lowest BCUT2D eigenvalue weighted by Crippen LogP contribution is -2.21. The molecule has 0 amide bonds. The van der Waals surface area contributed by atoms with E-state index in [0.29, 0.717) is 12.8 Å². The fraction of sp³-hybridized carbons (Fsp3) is 0.850. The number of unbranched alkanes of at least 4 members (excludes halogenated alkanes) is 5. The van der Waals surface area contributed by atoms with Crippen molar-refractivity contribution in [2.24, 2.45) is 11.8 Å². The highest BCUT2D eigenvalue weighted by atomic mass is 16.4. The first-order chi connectivity index (χ1) is 12.0. The number of hydrogen-bond acceptors (Lipinski definition) is 4. The predicted molar refractivity (Wildman–Crippen MR) is 98.2 cm³/mol. The summed E-state index contributed by atoms with van der Waals surface area (Å²) < 4.78 is 0. The van der Waals surface area contributed by atoms with Gasteiger partial charge in [0.05, 0.1) is 18.3 Å². The van der Waals surface area contributed by atoms with Gasteiger partial charge in [-0.2, -0.15) is 0 Å². The normalized spacial score (nSPS) is 27.8. The molecule has 1 saturated carbocycles. The lowest BCUT2D eigenvalue weighted by Gasteiger charge is -2.21. The molecule has 0 saturated heterocycles. The van der Waals surface area contributed by atoms with Gasteiger partial charge in [-0.1, -0.05) is 57.6 Å². The molecule has 0 bridgehead atoms. The van der Waals surface area contributed by atoms with Crippen molar-refractivity contribution in [2.75, 3.05) is 0 Å². The summed E-state index contributed by atoms with van der Waals surface area (Å²) in [7, 11) is 0. The van der Waals surface area contributed by atoms with E-state index < -0.39 is 24.3 Å². The van der Waals surface area contributed by atoms with Crippen molar-refractivity contribution in [1.29, 1.82) is 0 Å². The topological polar surface area (TPSA) is 98.0 Å². The van der Waals surface area contributed by atoms with E-state index in [2.05, 4.69) is 6.92 Å². The van der Waals surface area contributed by atoms with Gasteiger partial charge in [0.2, 0.25) is 0 Å². The highest BCUT2D eigenvalue weighted by Gasteiger charge is 2.39. The largest absolute Gasteiger partial charge is 0.481 e. The van der Waals surface area contributed by atoms with Crippen LogP contribution in [0, 0.1) is 11.8 Å². The summed E-state index contributed by atoms with van der Waals surface area (Å²) >= 11 is 0. The number of aliphatic carboxylic acids is 1. The molecule has 0 aliphatic heterocycles. The van der Waals surface area contributed by atoms with Gasteiger partial charge < -0.3 is 20.4 Å². The molecule has 0 aromatic rings. The first kappa shape index (κ1) is 22.1. The lowest BCUT2D eigenvalue weighted by atomic mass is 9.88. The number of carboxylic acid groups (broad SMARTS) is 1. The van der Waals surface area contributed by atoms with Crippen LogP contribution >= 0.6 is 0 Å². The minimum absolute atomic E-state index is 0.0218. The lowest BCUT2D eigenvalue weighted by molar-refractivity contribution is -0.137. The minimum atomic E-state index is -0.753. The highest BCUT2D eigenvalue weighted by Crippen LogP contribution is 2.37. The molecule has 0 aromatic carbocycles. The van der Waals surface area contributed by atoms with Crippen molar-refractivity contribution in [3.8, 4) is 0 Å². The molecule has 1 aliphatic rings. The Morgan fingerprint density at radius 3 is 2.48 bits per heavy atom. The number of aliphatic hydroxyl groups is 3. The quantitative estimate of drug-likeness (QED) is 0.300. The van der Waals surface area contributed by atoms with E-state index >= 15 is 0 Å². The van der Waals surface area contributed by atoms with Gasteiger partial charge in [-0.3, -0.25) is 4.79 Å². The summed E-state index contributed by atoms with van der Waals surface area (Å²) in [6.45, 7) is 2.13. The van der Waals surface area contributed by atoms with Gasteiger partial charge in [0, 0.05) is 18.8 Å². The highest BCUT2D eigenvalue weighted by molar-refractivity contribution is 5.66. The van der Waals surface area contributed by atoms with E-state index in [1.165, 1.54) is 0 Å². The van der Waals surface area contributed by atoms with Gasteiger partial charge in [-0.15, -0.1) is 0 Å². The Kier molecular flexibility index (Phi) is 11.0. The number of carbonyl (C=O) groups is 1. The van der Waals surface area contributed by atoms with E-state index in [0.717, 1.165) is 51.4 Å². The van der Waals surface area contributed by atoms with Crippen LogP contribution in [0.15, 0.2) is 12.2 Å². The second kappa shape index (κ2) is 12.4. The van der Waals surface area contributed by atoms with Crippen LogP contribution in [0.4, 0.5) is 0 Å². The second-order valence-corrected chi connectivity index (χ2v) is 7.41. The summed E-state index contributed by atoms with van der Waals surface area (Å²) in [6.07, 6.45) is 11.0. The molecule has 0 heterocycles. The van der Waals surface area contributed by atoms with E-state index in [9.17, 15) is 20.1 Å². The Balaban J connectivity index is 2.38. The van der Waals surface area contributed by atoms with Crippen molar-refractivity contribution in [2.45, 2.75) is 95.9 Å². The van der Waals surface area contributed by atoms with Crippen LogP contribution in [-0.2, 0) is 4.79 Å². The van der Waals surface area contributed by atoms with E-state index in [1.807, 2.05) is 6.08 Å². The molecule has 0 spiro atoms. The molecular formula is C20H36O5. The van der Waals surface area contributed by atoms with Gasteiger partial charge >= 0.3 is 5.97 Å². The van der Waals surface area contributed by atoms with Crippen LogP contribution in [0.1, 0.15) is 77.6 Å². The molecule has 5 heteroatoms. The van der Waals surface area contributed by atoms with Gasteiger partial charge in [0.15, 0.2) is 0 Å². The van der Waals surface area contributed by atoms with E-state index in [1.54, 1.807) is 6.08 Å². The summed E-state index contributed by atoms with van der Waals surface area (Å²) in [5, 5.41) is 39.0. The molecular weight excluding hydrogens is 320 g/mol. The molecule has 25 heavy (non-hydrogen) atoms. The Morgan fingerprint density at radius 1 is 1.08 bits per heavy atom. The predicted octanol–water partition coefficient (Wildman–Crippen LogP) is 3.27. The maximum atomic E-state index is 10.5. The molecule has 146 valence electrons. The zero-order valence-corrected chi connectivity index (χ0v) is 15.5. The molecule has 1 rings (SSSR count). The maximum absolute atomic E-state index is 10.5. The summed E-state index contributed by atoms with van der Waals surface area (Å²) in [4.78, 5) is 10.5. The minimum Gasteiger partial charge on any atom is -0.481 e. The Labute approximate surface area is 151 Å². The van der Waals surface area contributed by atoms with Crippen LogP contribution in [0.5, 0.6) is 0 Å². The SMILES string of the molecule is CCCCCC(O)/C=C/[C@@H]1C(CCCCCCC(=O)O)[C@H](O)C[C@@H]1O. The molecule has 1 fully saturated rings. The van der Waals surface area contributed by atoms with Gasteiger partial charge in [0.1, 0.15) is 0 Å². The molecule has 4 N–H and O–H groups in total. The van der Waals surface area contributed by atoms with E-state index in [4.69, 9.17) is 5.11 Å². The van der Waals surface area contributed by atoms with Crippen molar-refractivity contribution in [3.63, 3.8) is 0 Å². The van der Waals surface area contributed by atoms with Crippen molar-refractivity contribution in [1.82, 2.24) is 0 Å². The van der Waals surface area contributed by atoms with Crippen molar-refractivity contribution in [3.05, 3.63) is 12.2 Å². The average molecular weight is 357 g/mol. The molecule has 5 atom stereocenters. The summed E-state index contributed by atoms with van der Waals surface area (Å²) in [6, 6.07) is 0. The third kappa shape index (κ3) is 8.84. The van der Waals surface area contributed by atoms with Crippen molar-refractivity contribution >= 4 is 5.97 Å². The first-order valence-corrected chi connectivity index (χ1v) is 9.90. The summed E-state index contributed by atoms with van der Waals surface area (Å²) in [5.74, 6) is -0.833. The standard InChI is InChI=1S/C20H36O5/c1-2-3-6-9-15(21)12-13-17-16(18(22)14-19(17)23)10-7-4-5-8-11-20(24)25/h12-13,15-19,21-23H,2-11,14H2,1H3,(H,24,25)/b13-12+/t15?,16?,17-,18-,19+/m1/s1. The first-order valence-electron chi connectivity index (χ1n) is 9.90. The zero-order valence-electron chi connectivity index (χ0n) is 15.5. The molecule has 0 aromatic heterocycles. The van der Waals surface area contributed by atoms with Crippen LogP contribution in [0.2, 0.25) is 0 Å². The monoisotopic (exact) mass is 356 g/mol. The third-order valence-electron chi connectivity index (χ3n) is 5.25. The Bertz CT molecular complexity index is 396. The fourth-order valence-electron chi connectivity index (χ4n) is 3.74. The number of aliphatic hydroxyl groups excluding tert-OH is 3. The van der Waals surface area contributed by atoms with Crippen LogP contribution in [0.25, 0.3) is 0 Å². The van der Waals surface area contributed by atoms with Crippen molar-refractivity contribution < 1.29 is 25.2 Å². The van der Waals surface area contributed by atoms with E-state index in [-0.39, 0.29) is 18.3 Å². The summed E-state index contributed by atoms with van der Waals surface area (Å²) in [5.41, 5.74) is 0. The van der Waals surface area contributed by atoms with Gasteiger partial charge in [0.25, 0.3) is 0 Å². The third-order valence-corrected chi connectivity index (χ3v) is 5.25. The fourth-order valence-corrected chi connectivity index (χ4v) is 3.74. The second-order valence-electron chi connectivity index (χ2n) is 7.41. The number of carboxylic acids is 1. The average Bonchev–Trinajstić information content (AvgIpc) is 2.82. The smallest absolute Gasteiger partial charge is 0.303 e. The molecule has 2 unspecified atom stereocenters. The molecule has 1 aliphatic carbocycles. The Morgan fingerprint density at radius 2 is 1.80 bits per heavy atom. The van der Waals surface area contributed by atoms with Gasteiger partial charge in [-0.25, -0.2) is 0 Å². The van der Waals surface area contributed by atoms with Crippen LogP contribution < -0.4 is 0 Å². The van der Waals surface area contributed by atoms with Crippen LogP contribution in [0.3, 0.4) is 0 Å². The Hall–Kier alpha value is -0.910. The number of hydrogen-bond donors (Lipinski definition) is 4. The van der Waals surface area contributed by atoms with Gasteiger partial charge in [-0.05, 0) is 25.2 Å². The molecule has 0 radical (unpaired) electrons. The maximum Gasteiger partial charge on any atom is 0.303 e.